The molecule has 0 radical (unpaired) electrons. The molecule has 1 aliphatic rings. The largest absolute Gasteiger partial charge is 0.287 e. The van der Waals surface area contributed by atoms with Gasteiger partial charge in [-0.25, -0.2) is 0 Å². The van der Waals surface area contributed by atoms with Gasteiger partial charge in [-0.05, 0) is 32.4 Å². The van der Waals surface area contributed by atoms with E-state index in [1.165, 1.54) is 219 Å². The summed E-state index contributed by atoms with van der Waals surface area (Å²) in [5.41, 5.74) is 0. The maximum Gasteiger partial charge on any atom is 0.0623 e. The Morgan fingerprint density at radius 3 is 0.875 bits per heavy atom. The Kier molecular flexibility index (Phi) is 28.8. The summed E-state index contributed by atoms with van der Waals surface area (Å²) in [7, 11) is 0. The Labute approximate surface area is 255 Å². The van der Waals surface area contributed by atoms with E-state index in [2.05, 4.69) is 30.6 Å². The van der Waals surface area contributed by atoms with Crippen LogP contribution in [0.3, 0.4) is 0 Å². The van der Waals surface area contributed by atoms with Crippen molar-refractivity contribution in [2.45, 2.75) is 220 Å². The minimum atomic E-state index is 0.752. The third kappa shape index (κ3) is 22.5. The van der Waals surface area contributed by atoms with E-state index >= 15 is 0 Å². The van der Waals surface area contributed by atoms with E-state index in [0.29, 0.717) is 0 Å². The first-order valence-electron chi connectivity index (χ1n) is 19.3. The van der Waals surface area contributed by atoms with E-state index < -0.39 is 0 Å². The molecule has 1 aliphatic heterocycles. The molecule has 0 unspecified atom stereocenters. The van der Waals surface area contributed by atoms with Crippen LogP contribution in [0.4, 0.5) is 0 Å². The van der Waals surface area contributed by atoms with E-state index in [1.54, 1.807) is 0 Å². The summed E-state index contributed by atoms with van der Waals surface area (Å²) in [5, 5.41) is 0. The van der Waals surface area contributed by atoms with Crippen molar-refractivity contribution >= 4 is 0 Å². The van der Waals surface area contributed by atoms with Gasteiger partial charge in [0.25, 0.3) is 0 Å². The smallest absolute Gasteiger partial charge is 0.0623 e. The Balaban J connectivity index is 2.24. The molecule has 0 bridgehead atoms. The van der Waals surface area contributed by atoms with Crippen molar-refractivity contribution in [1.82, 2.24) is 9.80 Å². The first-order chi connectivity index (χ1) is 19.8. The number of nitrogens with zero attached hydrogens (tertiary/aromatic N) is 2. The first kappa shape index (κ1) is 37.9. The first-order valence-corrected chi connectivity index (χ1v) is 19.3. The molecule has 0 atom stereocenters. The molecular formula is C38H78N2. The molecule has 0 N–H and O–H groups in total. The molecule has 0 spiro atoms. The molecule has 1 heterocycles. The van der Waals surface area contributed by atoms with Gasteiger partial charge in [0.05, 0.1) is 6.17 Å². The molecule has 0 saturated carbocycles. The summed E-state index contributed by atoms with van der Waals surface area (Å²) in [6, 6.07) is 0. The minimum absolute atomic E-state index is 0.752. The van der Waals surface area contributed by atoms with Crippen LogP contribution in [0.1, 0.15) is 213 Å². The lowest BCUT2D eigenvalue weighted by atomic mass is 10.0. The summed E-state index contributed by atoms with van der Waals surface area (Å²) >= 11 is 0. The molecule has 1 rings (SSSR count). The topological polar surface area (TPSA) is 6.48 Å². The van der Waals surface area contributed by atoms with Crippen LogP contribution in [0, 0.1) is 0 Å². The van der Waals surface area contributed by atoms with Crippen molar-refractivity contribution in [3.63, 3.8) is 0 Å². The summed E-state index contributed by atoms with van der Waals surface area (Å²) in [4.78, 5) is 5.79. The molecular weight excluding hydrogens is 484 g/mol. The lowest BCUT2D eigenvalue weighted by Crippen LogP contribution is -2.39. The maximum absolute atomic E-state index is 2.89. The standard InChI is InChI=1S/C38H78N2/c1-4-7-10-13-16-19-22-25-28-31-34-39-36-37-40(35-32-29-26-23-20-17-14-11-8-5-2)38(39)33-30-27-24-21-18-15-12-9-6-3/h38H,4-37H2,1-3H3. The molecule has 1 saturated heterocycles. The van der Waals surface area contributed by atoms with E-state index in [1.807, 2.05) is 0 Å². The Morgan fingerprint density at radius 2 is 0.575 bits per heavy atom. The highest BCUT2D eigenvalue weighted by Crippen LogP contribution is 2.23. The van der Waals surface area contributed by atoms with Crippen LogP contribution in [0.2, 0.25) is 0 Å². The normalized spacial score (nSPS) is 15.1. The van der Waals surface area contributed by atoms with E-state index in [9.17, 15) is 0 Å². The number of unbranched alkanes of at least 4 members (excludes halogenated alkanes) is 26. The lowest BCUT2D eigenvalue weighted by molar-refractivity contribution is 0.120. The highest BCUT2D eigenvalue weighted by atomic mass is 15.4. The van der Waals surface area contributed by atoms with Crippen LogP contribution in [0.15, 0.2) is 0 Å². The third-order valence-corrected chi connectivity index (χ3v) is 9.68. The predicted molar refractivity (Wildman–Crippen MR) is 182 cm³/mol. The van der Waals surface area contributed by atoms with Gasteiger partial charge in [0.1, 0.15) is 0 Å². The van der Waals surface area contributed by atoms with Crippen molar-refractivity contribution in [2.24, 2.45) is 0 Å². The summed E-state index contributed by atoms with van der Waals surface area (Å²) in [5.74, 6) is 0. The van der Waals surface area contributed by atoms with Gasteiger partial charge in [-0.15, -0.1) is 0 Å². The second-order valence-corrected chi connectivity index (χ2v) is 13.5. The zero-order chi connectivity index (χ0) is 28.8. The number of hydrogen-bond donors (Lipinski definition) is 0. The van der Waals surface area contributed by atoms with Crippen molar-refractivity contribution in [1.29, 1.82) is 0 Å². The zero-order valence-corrected chi connectivity index (χ0v) is 28.5. The van der Waals surface area contributed by atoms with Crippen LogP contribution in [0.25, 0.3) is 0 Å². The number of rotatable bonds is 32. The fraction of sp³-hybridized carbons (Fsp3) is 1.00. The van der Waals surface area contributed by atoms with Gasteiger partial charge in [-0.1, -0.05) is 194 Å². The molecule has 240 valence electrons. The molecule has 2 nitrogen and oxygen atoms in total. The highest BCUT2D eigenvalue weighted by Gasteiger charge is 2.30. The predicted octanol–water partition coefficient (Wildman–Crippen LogP) is 12.7. The lowest BCUT2D eigenvalue weighted by Gasteiger charge is -2.30. The molecule has 0 aliphatic carbocycles. The highest BCUT2D eigenvalue weighted by molar-refractivity contribution is 4.82. The summed E-state index contributed by atoms with van der Waals surface area (Å²) in [6.07, 6.45) is 44.2. The minimum Gasteiger partial charge on any atom is -0.287 e. The number of hydrogen-bond acceptors (Lipinski definition) is 2. The Hall–Kier alpha value is -0.0800. The van der Waals surface area contributed by atoms with E-state index in [-0.39, 0.29) is 0 Å². The fourth-order valence-corrected chi connectivity index (χ4v) is 6.91. The van der Waals surface area contributed by atoms with Gasteiger partial charge in [-0.3, -0.25) is 9.80 Å². The second-order valence-electron chi connectivity index (χ2n) is 13.5. The van der Waals surface area contributed by atoms with Crippen LogP contribution >= 0.6 is 0 Å². The molecule has 0 amide bonds. The average Bonchev–Trinajstić information content (AvgIpc) is 3.35. The van der Waals surface area contributed by atoms with E-state index in [4.69, 9.17) is 0 Å². The van der Waals surface area contributed by atoms with Crippen LogP contribution in [-0.2, 0) is 0 Å². The van der Waals surface area contributed by atoms with Gasteiger partial charge >= 0.3 is 0 Å². The Bertz CT molecular complexity index is 446. The monoisotopic (exact) mass is 563 g/mol. The van der Waals surface area contributed by atoms with Crippen molar-refractivity contribution in [3.05, 3.63) is 0 Å². The fourth-order valence-electron chi connectivity index (χ4n) is 6.91. The average molecular weight is 563 g/mol. The van der Waals surface area contributed by atoms with Gasteiger partial charge in [0.15, 0.2) is 0 Å². The second kappa shape index (κ2) is 30.4. The zero-order valence-electron chi connectivity index (χ0n) is 28.5. The molecule has 0 aromatic rings. The molecule has 2 heteroatoms. The van der Waals surface area contributed by atoms with Crippen molar-refractivity contribution < 1.29 is 0 Å². The van der Waals surface area contributed by atoms with E-state index in [0.717, 1.165) is 6.17 Å². The van der Waals surface area contributed by atoms with Gasteiger partial charge in [-0.2, -0.15) is 0 Å². The van der Waals surface area contributed by atoms with Gasteiger partial charge in [0.2, 0.25) is 0 Å². The quantitative estimate of drug-likeness (QED) is 0.0752. The van der Waals surface area contributed by atoms with Crippen LogP contribution in [-0.4, -0.2) is 42.1 Å². The third-order valence-electron chi connectivity index (χ3n) is 9.68. The molecule has 0 aromatic heterocycles. The van der Waals surface area contributed by atoms with Crippen molar-refractivity contribution in [2.75, 3.05) is 26.2 Å². The molecule has 1 fully saturated rings. The molecule has 0 aromatic carbocycles. The van der Waals surface area contributed by atoms with Crippen LogP contribution < -0.4 is 0 Å². The summed E-state index contributed by atoms with van der Waals surface area (Å²) in [6.45, 7) is 12.3. The Morgan fingerprint density at radius 1 is 0.325 bits per heavy atom. The van der Waals surface area contributed by atoms with Crippen LogP contribution in [0.5, 0.6) is 0 Å². The summed E-state index contributed by atoms with van der Waals surface area (Å²) < 4.78 is 0. The molecule has 40 heavy (non-hydrogen) atoms. The maximum atomic E-state index is 2.89. The van der Waals surface area contributed by atoms with Gasteiger partial charge < -0.3 is 0 Å². The SMILES string of the molecule is CCCCCCCCCCCCN1CCN(CCCCCCCCCCCC)C1CCCCCCCCCCC. The van der Waals surface area contributed by atoms with Crippen molar-refractivity contribution in [3.8, 4) is 0 Å². The van der Waals surface area contributed by atoms with Gasteiger partial charge in [0, 0.05) is 13.1 Å².